The maximum absolute atomic E-state index is 11.4. The van der Waals surface area contributed by atoms with E-state index in [0.717, 1.165) is 37.4 Å². The number of hydrogen-bond acceptors (Lipinski definition) is 5. The van der Waals surface area contributed by atoms with Crippen molar-refractivity contribution in [3.05, 3.63) is 65.4 Å². The normalized spacial score (nSPS) is 17.6. The van der Waals surface area contributed by atoms with Crippen LogP contribution in [0.5, 0.6) is 0 Å². The largest absolute Gasteiger partial charge is 0.463 e. The Labute approximate surface area is 167 Å². The van der Waals surface area contributed by atoms with Crippen LogP contribution in [0.1, 0.15) is 36.5 Å². The van der Waals surface area contributed by atoms with Gasteiger partial charge in [-0.25, -0.2) is 9.78 Å². The highest BCUT2D eigenvalue weighted by Crippen LogP contribution is 2.18. The number of carbonyl (C=O) groups excluding carboxylic acids is 1. The van der Waals surface area contributed by atoms with Crippen molar-refractivity contribution < 1.29 is 9.53 Å². The van der Waals surface area contributed by atoms with E-state index in [1.165, 1.54) is 23.6 Å². The summed E-state index contributed by atoms with van der Waals surface area (Å²) in [6.07, 6.45) is 7.25. The molecular formula is C23H29N3O2. The Morgan fingerprint density at radius 1 is 1.29 bits per heavy atom. The Morgan fingerprint density at radius 3 is 2.82 bits per heavy atom. The zero-order valence-electron chi connectivity index (χ0n) is 16.7. The number of esters is 1. The number of piperidine rings is 1. The van der Waals surface area contributed by atoms with E-state index in [1.54, 1.807) is 19.2 Å². The second kappa shape index (κ2) is 10.0. The molecule has 0 bridgehead atoms. The molecule has 28 heavy (non-hydrogen) atoms. The number of likely N-dealkylation sites (tertiary alicyclic amines) is 1. The summed E-state index contributed by atoms with van der Waals surface area (Å²) in [5, 5.41) is 3.55. The summed E-state index contributed by atoms with van der Waals surface area (Å²) in [6, 6.07) is 13.1. The van der Waals surface area contributed by atoms with E-state index in [4.69, 9.17) is 4.74 Å². The Balaban J connectivity index is 1.51. The van der Waals surface area contributed by atoms with Crippen LogP contribution in [0.2, 0.25) is 0 Å². The Kier molecular flexibility index (Phi) is 7.20. The minimum absolute atomic E-state index is 0.333. The zero-order valence-corrected chi connectivity index (χ0v) is 16.7. The highest BCUT2D eigenvalue weighted by atomic mass is 16.5. The van der Waals surface area contributed by atoms with Gasteiger partial charge in [-0.3, -0.25) is 4.90 Å². The molecule has 2 heterocycles. The predicted molar refractivity (Wildman–Crippen MR) is 113 cm³/mol. The lowest BCUT2D eigenvalue weighted by Gasteiger charge is -2.33. The quantitative estimate of drug-likeness (QED) is 0.581. The van der Waals surface area contributed by atoms with Gasteiger partial charge in [-0.2, -0.15) is 0 Å². The fourth-order valence-corrected chi connectivity index (χ4v) is 3.42. The summed E-state index contributed by atoms with van der Waals surface area (Å²) in [4.78, 5) is 18.4. The molecule has 1 aliphatic rings. The van der Waals surface area contributed by atoms with Crippen molar-refractivity contribution >= 4 is 17.9 Å². The van der Waals surface area contributed by atoms with Crippen molar-refractivity contribution in [3.8, 4) is 0 Å². The van der Waals surface area contributed by atoms with Gasteiger partial charge in [0.15, 0.2) is 0 Å². The maximum atomic E-state index is 11.4. The molecule has 0 amide bonds. The number of ether oxygens (including phenoxy) is 1. The SMILES string of the molecule is CCOC(=O)C=Cc1ccc(N[C@@H]2CCCN(Cc3ccc(C)cc3)C2)nc1. The smallest absolute Gasteiger partial charge is 0.330 e. The van der Waals surface area contributed by atoms with Gasteiger partial charge in [0.25, 0.3) is 0 Å². The lowest BCUT2D eigenvalue weighted by molar-refractivity contribution is -0.137. The lowest BCUT2D eigenvalue weighted by Crippen LogP contribution is -2.41. The standard InChI is InChI=1S/C23H29N3O2/c1-3-28-23(27)13-11-19-10-12-22(24-15-19)25-21-5-4-14-26(17-21)16-20-8-6-18(2)7-9-20/h6-13,15,21H,3-5,14,16-17H2,1-2H3,(H,24,25)/t21-/m1/s1. The van der Waals surface area contributed by atoms with Gasteiger partial charge in [0.05, 0.1) is 6.61 Å². The summed E-state index contributed by atoms with van der Waals surface area (Å²) in [5.41, 5.74) is 3.54. The van der Waals surface area contributed by atoms with Crippen LogP contribution >= 0.6 is 0 Å². The Hall–Kier alpha value is -2.66. The number of nitrogens with zero attached hydrogens (tertiary/aromatic N) is 2. The van der Waals surface area contributed by atoms with Crippen molar-refractivity contribution in [1.29, 1.82) is 0 Å². The van der Waals surface area contributed by atoms with Gasteiger partial charge in [-0.05, 0) is 62.6 Å². The third-order valence-corrected chi connectivity index (χ3v) is 4.87. The van der Waals surface area contributed by atoms with Gasteiger partial charge in [0, 0.05) is 31.4 Å². The third kappa shape index (κ3) is 6.20. The summed E-state index contributed by atoms with van der Waals surface area (Å²) >= 11 is 0. The van der Waals surface area contributed by atoms with Crippen molar-refractivity contribution in [3.63, 3.8) is 0 Å². The first-order valence-electron chi connectivity index (χ1n) is 9.97. The van der Waals surface area contributed by atoms with Gasteiger partial charge >= 0.3 is 5.97 Å². The average Bonchev–Trinajstić information content (AvgIpc) is 2.70. The van der Waals surface area contributed by atoms with Crippen molar-refractivity contribution in [2.75, 3.05) is 25.0 Å². The molecule has 148 valence electrons. The maximum Gasteiger partial charge on any atom is 0.330 e. The van der Waals surface area contributed by atoms with Gasteiger partial charge in [0.1, 0.15) is 5.82 Å². The number of nitrogens with one attached hydrogen (secondary N) is 1. The topological polar surface area (TPSA) is 54.5 Å². The molecule has 5 nitrogen and oxygen atoms in total. The number of anilines is 1. The first-order valence-corrected chi connectivity index (χ1v) is 9.97. The van der Waals surface area contributed by atoms with Crippen LogP contribution in [0.15, 0.2) is 48.7 Å². The van der Waals surface area contributed by atoms with Crippen molar-refractivity contribution in [1.82, 2.24) is 9.88 Å². The molecule has 0 aliphatic carbocycles. The van der Waals surface area contributed by atoms with E-state index in [1.807, 2.05) is 12.1 Å². The second-order valence-corrected chi connectivity index (χ2v) is 7.27. The predicted octanol–water partition coefficient (Wildman–Crippen LogP) is 4.04. The lowest BCUT2D eigenvalue weighted by atomic mass is 10.0. The number of rotatable bonds is 7. The van der Waals surface area contributed by atoms with Crippen LogP contribution in [0.4, 0.5) is 5.82 Å². The number of carbonyl (C=O) groups is 1. The fourth-order valence-electron chi connectivity index (χ4n) is 3.42. The van der Waals surface area contributed by atoms with Gasteiger partial charge in [-0.15, -0.1) is 0 Å². The summed E-state index contributed by atoms with van der Waals surface area (Å²) in [7, 11) is 0. The van der Waals surface area contributed by atoms with Crippen molar-refractivity contribution in [2.24, 2.45) is 0 Å². The molecule has 1 saturated heterocycles. The minimum Gasteiger partial charge on any atom is -0.463 e. The molecule has 0 spiro atoms. The first-order chi connectivity index (χ1) is 13.6. The highest BCUT2D eigenvalue weighted by molar-refractivity contribution is 5.86. The van der Waals surface area contributed by atoms with Crippen molar-refractivity contribution in [2.45, 2.75) is 39.3 Å². The highest BCUT2D eigenvalue weighted by Gasteiger charge is 2.20. The molecule has 2 aromatic rings. The van der Waals surface area contributed by atoms with E-state index >= 15 is 0 Å². The Morgan fingerprint density at radius 2 is 2.11 bits per heavy atom. The monoisotopic (exact) mass is 379 g/mol. The molecule has 0 unspecified atom stereocenters. The fraction of sp³-hybridized carbons (Fsp3) is 0.391. The van der Waals surface area contributed by atoms with E-state index in [2.05, 4.69) is 46.4 Å². The van der Waals surface area contributed by atoms with Crippen LogP contribution in [-0.4, -0.2) is 41.6 Å². The first kappa shape index (κ1) is 20.1. The van der Waals surface area contributed by atoms with Crippen LogP contribution in [0, 0.1) is 6.92 Å². The molecule has 1 aromatic carbocycles. The van der Waals surface area contributed by atoms with Gasteiger partial charge in [-0.1, -0.05) is 29.8 Å². The number of aryl methyl sites for hydroxylation is 1. The van der Waals surface area contributed by atoms with E-state index in [9.17, 15) is 4.79 Å². The number of aromatic nitrogens is 1. The van der Waals surface area contributed by atoms with E-state index in [-0.39, 0.29) is 5.97 Å². The molecule has 3 rings (SSSR count). The molecule has 1 fully saturated rings. The van der Waals surface area contributed by atoms with Crippen LogP contribution in [0.25, 0.3) is 6.08 Å². The van der Waals surface area contributed by atoms with Crippen LogP contribution in [-0.2, 0) is 16.1 Å². The molecule has 1 aliphatic heterocycles. The molecular weight excluding hydrogens is 350 g/mol. The number of pyridine rings is 1. The summed E-state index contributed by atoms with van der Waals surface area (Å²) < 4.78 is 4.88. The van der Waals surface area contributed by atoms with Crippen LogP contribution in [0.3, 0.4) is 0 Å². The molecule has 1 aromatic heterocycles. The number of benzene rings is 1. The Bertz CT molecular complexity index is 784. The summed E-state index contributed by atoms with van der Waals surface area (Å²) in [5.74, 6) is 0.538. The molecule has 1 N–H and O–H groups in total. The minimum atomic E-state index is -0.333. The average molecular weight is 380 g/mol. The van der Waals surface area contributed by atoms with E-state index in [0.29, 0.717) is 12.6 Å². The van der Waals surface area contributed by atoms with Gasteiger partial charge < -0.3 is 10.1 Å². The van der Waals surface area contributed by atoms with E-state index < -0.39 is 0 Å². The number of hydrogen-bond donors (Lipinski definition) is 1. The second-order valence-electron chi connectivity index (χ2n) is 7.27. The zero-order chi connectivity index (χ0) is 19.8. The molecule has 1 atom stereocenters. The molecule has 0 saturated carbocycles. The van der Waals surface area contributed by atoms with Crippen LogP contribution < -0.4 is 5.32 Å². The molecule has 0 radical (unpaired) electrons. The van der Waals surface area contributed by atoms with Gasteiger partial charge in [0.2, 0.25) is 0 Å². The third-order valence-electron chi connectivity index (χ3n) is 4.87. The summed E-state index contributed by atoms with van der Waals surface area (Å²) in [6.45, 7) is 7.43. The molecule has 5 heteroatoms.